The van der Waals surface area contributed by atoms with Gasteiger partial charge < -0.3 is 15.2 Å². The Balaban J connectivity index is 2.82. The zero-order valence-corrected chi connectivity index (χ0v) is 11.4. The molecule has 0 radical (unpaired) electrons. The number of hydrogen-bond acceptors (Lipinski definition) is 3. The van der Waals surface area contributed by atoms with Crippen LogP contribution in [0.25, 0.3) is 0 Å². The quantitative estimate of drug-likeness (QED) is 0.791. The Labute approximate surface area is 113 Å². The SMILES string of the molecule is C#CCNC(=O)C(C)Oc1ccc(C)cc1[C@H](C)O. The lowest BCUT2D eigenvalue weighted by atomic mass is 10.1. The van der Waals surface area contributed by atoms with Gasteiger partial charge in [0.25, 0.3) is 5.91 Å². The van der Waals surface area contributed by atoms with E-state index in [-0.39, 0.29) is 12.5 Å². The average molecular weight is 261 g/mol. The van der Waals surface area contributed by atoms with E-state index >= 15 is 0 Å². The molecule has 1 rings (SSSR count). The van der Waals surface area contributed by atoms with E-state index in [0.717, 1.165) is 5.56 Å². The Morgan fingerprint density at radius 2 is 2.21 bits per heavy atom. The zero-order valence-electron chi connectivity index (χ0n) is 11.4. The Bertz CT molecular complexity index is 489. The fourth-order valence-corrected chi connectivity index (χ4v) is 1.63. The minimum absolute atomic E-state index is 0.170. The van der Waals surface area contributed by atoms with E-state index in [1.54, 1.807) is 19.9 Å². The van der Waals surface area contributed by atoms with Gasteiger partial charge in [-0.15, -0.1) is 6.42 Å². The van der Waals surface area contributed by atoms with Gasteiger partial charge in [0.2, 0.25) is 0 Å². The van der Waals surface area contributed by atoms with Crippen molar-refractivity contribution in [2.45, 2.75) is 33.0 Å². The summed E-state index contributed by atoms with van der Waals surface area (Å²) in [6, 6.07) is 5.46. The first-order valence-corrected chi connectivity index (χ1v) is 6.12. The maximum Gasteiger partial charge on any atom is 0.261 e. The van der Waals surface area contributed by atoms with Gasteiger partial charge in [0, 0.05) is 5.56 Å². The third-order valence-electron chi connectivity index (χ3n) is 2.65. The van der Waals surface area contributed by atoms with E-state index in [1.165, 1.54) is 0 Å². The van der Waals surface area contributed by atoms with Crippen LogP contribution in [-0.4, -0.2) is 23.7 Å². The number of aryl methyl sites for hydroxylation is 1. The third kappa shape index (κ3) is 4.31. The molecule has 4 nitrogen and oxygen atoms in total. The molecule has 2 atom stereocenters. The number of terminal acetylenes is 1. The molecule has 1 amide bonds. The summed E-state index contributed by atoms with van der Waals surface area (Å²) in [7, 11) is 0. The van der Waals surface area contributed by atoms with Gasteiger partial charge >= 0.3 is 0 Å². The highest BCUT2D eigenvalue weighted by molar-refractivity contribution is 5.80. The Morgan fingerprint density at radius 3 is 2.79 bits per heavy atom. The molecule has 0 aliphatic carbocycles. The molecule has 0 heterocycles. The van der Waals surface area contributed by atoms with Crippen LogP contribution in [-0.2, 0) is 4.79 Å². The van der Waals surface area contributed by atoms with Gasteiger partial charge in [0.05, 0.1) is 12.6 Å². The number of carbonyl (C=O) groups is 1. The molecule has 2 N–H and O–H groups in total. The van der Waals surface area contributed by atoms with Crippen LogP contribution < -0.4 is 10.1 Å². The molecule has 0 aliphatic heterocycles. The predicted molar refractivity (Wildman–Crippen MR) is 73.7 cm³/mol. The molecule has 0 aromatic heterocycles. The summed E-state index contributed by atoms with van der Waals surface area (Å²) < 4.78 is 5.58. The number of carbonyl (C=O) groups excluding carboxylic acids is 1. The highest BCUT2D eigenvalue weighted by atomic mass is 16.5. The van der Waals surface area contributed by atoms with Gasteiger partial charge in [-0.05, 0) is 32.9 Å². The number of amides is 1. The van der Waals surface area contributed by atoms with Gasteiger partial charge in [-0.1, -0.05) is 17.6 Å². The number of aliphatic hydroxyl groups excluding tert-OH is 1. The highest BCUT2D eigenvalue weighted by Gasteiger charge is 2.17. The first kappa shape index (κ1) is 15.1. The second kappa shape index (κ2) is 6.81. The van der Waals surface area contributed by atoms with Gasteiger partial charge in [-0.3, -0.25) is 4.79 Å². The van der Waals surface area contributed by atoms with Crippen molar-refractivity contribution in [1.29, 1.82) is 0 Å². The minimum Gasteiger partial charge on any atom is -0.481 e. The Morgan fingerprint density at radius 1 is 1.53 bits per heavy atom. The fraction of sp³-hybridized carbons (Fsp3) is 0.400. The summed E-state index contributed by atoms with van der Waals surface area (Å²) in [5.74, 6) is 2.55. The maximum atomic E-state index is 11.7. The monoisotopic (exact) mass is 261 g/mol. The van der Waals surface area contributed by atoms with E-state index < -0.39 is 12.2 Å². The zero-order chi connectivity index (χ0) is 14.4. The molecule has 1 unspecified atom stereocenters. The van der Waals surface area contributed by atoms with Crippen molar-refractivity contribution in [1.82, 2.24) is 5.32 Å². The van der Waals surface area contributed by atoms with Crippen LogP contribution in [0, 0.1) is 19.3 Å². The van der Waals surface area contributed by atoms with E-state index in [1.807, 2.05) is 19.1 Å². The number of aliphatic hydroxyl groups is 1. The van der Waals surface area contributed by atoms with Crippen LogP contribution in [0.5, 0.6) is 5.75 Å². The standard InChI is InChI=1S/C15H19NO3/c1-5-8-16-15(18)12(4)19-14-7-6-10(2)9-13(14)11(3)17/h1,6-7,9,11-12,17H,8H2,2-4H3,(H,16,18)/t11-,12?/m0/s1. The maximum absolute atomic E-state index is 11.7. The second-order valence-corrected chi connectivity index (χ2v) is 4.40. The first-order valence-electron chi connectivity index (χ1n) is 6.12. The number of ether oxygens (including phenoxy) is 1. The lowest BCUT2D eigenvalue weighted by Gasteiger charge is -2.18. The molecule has 1 aromatic rings. The molecule has 102 valence electrons. The lowest BCUT2D eigenvalue weighted by molar-refractivity contribution is -0.127. The summed E-state index contributed by atoms with van der Waals surface area (Å²) in [6.07, 6.45) is 3.74. The minimum atomic E-state index is -0.673. The summed E-state index contributed by atoms with van der Waals surface area (Å²) in [5, 5.41) is 12.3. The molecule has 19 heavy (non-hydrogen) atoms. The van der Waals surface area contributed by atoms with Gasteiger partial charge in [-0.2, -0.15) is 0 Å². The van der Waals surface area contributed by atoms with Crippen molar-refractivity contribution < 1.29 is 14.6 Å². The second-order valence-electron chi connectivity index (χ2n) is 4.40. The van der Waals surface area contributed by atoms with E-state index in [9.17, 15) is 9.90 Å². The van der Waals surface area contributed by atoms with E-state index in [0.29, 0.717) is 11.3 Å². The summed E-state index contributed by atoms with van der Waals surface area (Å²) in [6.45, 7) is 5.39. The van der Waals surface area contributed by atoms with Crippen LogP contribution in [0.3, 0.4) is 0 Å². The third-order valence-corrected chi connectivity index (χ3v) is 2.65. The highest BCUT2D eigenvalue weighted by Crippen LogP contribution is 2.27. The molecule has 0 fully saturated rings. The van der Waals surface area contributed by atoms with Crippen LogP contribution in [0.2, 0.25) is 0 Å². The van der Waals surface area contributed by atoms with Gasteiger partial charge in [0.15, 0.2) is 6.10 Å². The molecular formula is C15H19NO3. The van der Waals surface area contributed by atoms with Gasteiger partial charge in [-0.25, -0.2) is 0 Å². The normalized spacial score (nSPS) is 13.2. The Hall–Kier alpha value is -1.99. The largest absolute Gasteiger partial charge is 0.481 e. The predicted octanol–water partition coefficient (Wildman–Crippen LogP) is 1.57. The fourth-order valence-electron chi connectivity index (χ4n) is 1.63. The summed E-state index contributed by atoms with van der Waals surface area (Å²) in [4.78, 5) is 11.7. The number of benzene rings is 1. The van der Waals surface area contributed by atoms with Crippen molar-refractivity contribution in [3.05, 3.63) is 29.3 Å². The molecule has 0 saturated carbocycles. The molecule has 4 heteroatoms. The Kier molecular flexibility index (Phi) is 5.40. The van der Waals surface area contributed by atoms with Gasteiger partial charge in [0.1, 0.15) is 5.75 Å². The van der Waals surface area contributed by atoms with Crippen molar-refractivity contribution in [2.24, 2.45) is 0 Å². The van der Waals surface area contributed by atoms with Crippen molar-refractivity contribution in [2.75, 3.05) is 6.54 Å². The van der Waals surface area contributed by atoms with Crippen LogP contribution in [0.1, 0.15) is 31.1 Å². The van der Waals surface area contributed by atoms with Crippen molar-refractivity contribution in [3.8, 4) is 18.1 Å². The van der Waals surface area contributed by atoms with Crippen LogP contribution in [0.15, 0.2) is 18.2 Å². The summed E-state index contributed by atoms with van der Waals surface area (Å²) in [5.41, 5.74) is 1.68. The first-order chi connectivity index (χ1) is 8.95. The van der Waals surface area contributed by atoms with E-state index in [4.69, 9.17) is 11.2 Å². The van der Waals surface area contributed by atoms with Crippen molar-refractivity contribution in [3.63, 3.8) is 0 Å². The lowest BCUT2D eigenvalue weighted by Crippen LogP contribution is -2.36. The molecule has 0 saturated heterocycles. The van der Waals surface area contributed by atoms with E-state index in [2.05, 4.69) is 11.2 Å². The summed E-state index contributed by atoms with van der Waals surface area (Å²) >= 11 is 0. The number of nitrogens with one attached hydrogen (secondary N) is 1. The molecule has 1 aromatic carbocycles. The number of rotatable bonds is 5. The molecular weight excluding hydrogens is 242 g/mol. The van der Waals surface area contributed by atoms with Crippen molar-refractivity contribution >= 4 is 5.91 Å². The molecule has 0 spiro atoms. The smallest absolute Gasteiger partial charge is 0.261 e. The molecule has 0 bridgehead atoms. The average Bonchev–Trinajstić information content (AvgIpc) is 2.37. The van der Waals surface area contributed by atoms with Crippen LogP contribution >= 0.6 is 0 Å². The topological polar surface area (TPSA) is 58.6 Å². The van der Waals surface area contributed by atoms with Crippen LogP contribution in [0.4, 0.5) is 0 Å². The number of hydrogen-bond donors (Lipinski definition) is 2. The molecule has 0 aliphatic rings.